The van der Waals surface area contributed by atoms with E-state index in [-0.39, 0.29) is 17.4 Å². The van der Waals surface area contributed by atoms with Gasteiger partial charge in [-0.3, -0.25) is 0 Å². The van der Waals surface area contributed by atoms with Crippen LogP contribution in [-0.2, 0) is 0 Å². The fourth-order valence-electron chi connectivity index (χ4n) is 1.84. The standard InChI is InChI=1S/C11H12FN3O/c12-9-2-1-7(11(16)8(9)5-13)10-6-14-3-4-15-10/h1-2,10,14-16H,3-4,6H2/t10-/m0/s1. The van der Waals surface area contributed by atoms with Crippen molar-refractivity contribution in [3.05, 3.63) is 29.1 Å². The lowest BCUT2D eigenvalue weighted by Gasteiger charge is -2.25. The molecule has 0 amide bonds. The van der Waals surface area contributed by atoms with E-state index in [1.165, 1.54) is 12.1 Å². The summed E-state index contributed by atoms with van der Waals surface area (Å²) in [6.07, 6.45) is 0. The van der Waals surface area contributed by atoms with Crippen molar-refractivity contribution in [2.45, 2.75) is 6.04 Å². The molecule has 1 aromatic carbocycles. The van der Waals surface area contributed by atoms with E-state index >= 15 is 0 Å². The number of nitrogens with zero attached hydrogens (tertiary/aromatic N) is 1. The van der Waals surface area contributed by atoms with Gasteiger partial charge in [0.15, 0.2) is 0 Å². The monoisotopic (exact) mass is 221 g/mol. The predicted molar refractivity (Wildman–Crippen MR) is 56.4 cm³/mol. The van der Waals surface area contributed by atoms with Gasteiger partial charge in [0, 0.05) is 31.2 Å². The number of benzene rings is 1. The summed E-state index contributed by atoms with van der Waals surface area (Å²) in [6, 6.07) is 4.31. The Morgan fingerprint density at radius 3 is 2.88 bits per heavy atom. The van der Waals surface area contributed by atoms with Crippen LogP contribution < -0.4 is 10.6 Å². The van der Waals surface area contributed by atoms with Crippen molar-refractivity contribution in [1.82, 2.24) is 10.6 Å². The second kappa shape index (κ2) is 4.47. The van der Waals surface area contributed by atoms with Crippen LogP contribution in [-0.4, -0.2) is 24.7 Å². The number of hydrogen-bond acceptors (Lipinski definition) is 4. The Kier molecular flexibility index (Phi) is 3.04. The largest absolute Gasteiger partial charge is 0.506 e. The van der Waals surface area contributed by atoms with Crippen LogP contribution in [0.4, 0.5) is 4.39 Å². The molecule has 0 saturated carbocycles. The average molecular weight is 221 g/mol. The Hall–Kier alpha value is -1.64. The first-order chi connectivity index (χ1) is 7.74. The van der Waals surface area contributed by atoms with Crippen molar-refractivity contribution in [2.75, 3.05) is 19.6 Å². The molecule has 0 aliphatic carbocycles. The number of phenolic OH excluding ortho intramolecular Hbond substituents is 1. The molecule has 1 atom stereocenters. The summed E-state index contributed by atoms with van der Waals surface area (Å²) in [6.45, 7) is 2.30. The maximum atomic E-state index is 13.2. The number of hydrogen-bond donors (Lipinski definition) is 3. The molecule has 0 aromatic heterocycles. The average Bonchev–Trinajstić information content (AvgIpc) is 2.31. The van der Waals surface area contributed by atoms with Gasteiger partial charge >= 0.3 is 0 Å². The molecule has 1 saturated heterocycles. The van der Waals surface area contributed by atoms with Gasteiger partial charge in [-0.1, -0.05) is 6.07 Å². The molecule has 1 aliphatic heterocycles. The summed E-state index contributed by atoms with van der Waals surface area (Å²) in [7, 11) is 0. The van der Waals surface area contributed by atoms with E-state index in [0.29, 0.717) is 12.1 Å². The Bertz CT molecular complexity index is 436. The first kappa shape index (κ1) is 10.9. The smallest absolute Gasteiger partial charge is 0.144 e. The molecule has 1 fully saturated rings. The molecule has 1 heterocycles. The molecule has 4 nitrogen and oxygen atoms in total. The van der Waals surface area contributed by atoms with Crippen LogP contribution in [0, 0.1) is 17.1 Å². The van der Waals surface area contributed by atoms with Crippen molar-refractivity contribution in [3.8, 4) is 11.8 Å². The van der Waals surface area contributed by atoms with E-state index in [1.807, 2.05) is 0 Å². The van der Waals surface area contributed by atoms with Gasteiger partial charge in [-0.25, -0.2) is 4.39 Å². The summed E-state index contributed by atoms with van der Waals surface area (Å²) in [5.74, 6) is -0.948. The van der Waals surface area contributed by atoms with Gasteiger partial charge in [-0.05, 0) is 6.07 Å². The Morgan fingerprint density at radius 1 is 1.44 bits per heavy atom. The number of halogens is 1. The minimum atomic E-state index is -0.687. The molecule has 1 aromatic rings. The fourth-order valence-corrected chi connectivity index (χ4v) is 1.84. The van der Waals surface area contributed by atoms with Crippen LogP contribution in [0.5, 0.6) is 5.75 Å². The minimum Gasteiger partial charge on any atom is -0.506 e. The lowest BCUT2D eigenvalue weighted by molar-refractivity contribution is 0.401. The van der Waals surface area contributed by atoms with E-state index in [0.717, 1.165) is 13.1 Å². The molecule has 84 valence electrons. The zero-order valence-corrected chi connectivity index (χ0v) is 8.63. The molecule has 0 unspecified atom stereocenters. The number of phenols is 1. The molecule has 16 heavy (non-hydrogen) atoms. The second-order valence-corrected chi connectivity index (χ2v) is 3.68. The topological polar surface area (TPSA) is 68.1 Å². The highest BCUT2D eigenvalue weighted by molar-refractivity contribution is 5.49. The van der Waals surface area contributed by atoms with Gasteiger partial charge in [0.2, 0.25) is 0 Å². The summed E-state index contributed by atoms with van der Waals surface area (Å²) in [5, 5.41) is 24.9. The van der Waals surface area contributed by atoms with E-state index in [9.17, 15) is 9.50 Å². The third-order valence-corrected chi connectivity index (χ3v) is 2.69. The van der Waals surface area contributed by atoms with Gasteiger partial charge in [0.1, 0.15) is 23.2 Å². The zero-order valence-electron chi connectivity index (χ0n) is 8.63. The molecule has 0 spiro atoms. The van der Waals surface area contributed by atoms with Crippen LogP contribution >= 0.6 is 0 Å². The van der Waals surface area contributed by atoms with Crippen molar-refractivity contribution < 1.29 is 9.50 Å². The molecule has 2 rings (SSSR count). The van der Waals surface area contributed by atoms with Crippen molar-refractivity contribution in [1.29, 1.82) is 5.26 Å². The van der Waals surface area contributed by atoms with Crippen molar-refractivity contribution in [2.24, 2.45) is 0 Å². The van der Waals surface area contributed by atoms with Crippen LogP contribution in [0.1, 0.15) is 17.2 Å². The molecular weight excluding hydrogens is 209 g/mol. The van der Waals surface area contributed by atoms with Crippen LogP contribution in [0.25, 0.3) is 0 Å². The SMILES string of the molecule is N#Cc1c(F)ccc([C@@H]2CNCCN2)c1O. The number of aromatic hydroxyl groups is 1. The summed E-state index contributed by atoms with van der Waals surface area (Å²) >= 11 is 0. The van der Waals surface area contributed by atoms with Crippen LogP contribution in [0.3, 0.4) is 0 Å². The molecule has 5 heteroatoms. The van der Waals surface area contributed by atoms with Crippen molar-refractivity contribution in [3.63, 3.8) is 0 Å². The highest BCUT2D eigenvalue weighted by Crippen LogP contribution is 2.29. The van der Waals surface area contributed by atoms with Gasteiger partial charge in [-0.15, -0.1) is 0 Å². The molecule has 1 aliphatic rings. The quantitative estimate of drug-likeness (QED) is 0.651. The van der Waals surface area contributed by atoms with Crippen LogP contribution in [0.2, 0.25) is 0 Å². The Morgan fingerprint density at radius 2 is 2.25 bits per heavy atom. The lowest BCUT2D eigenvalue weighted by atomic mass is 10.0. The lowest BCUT2D eigenvalue weighted by Crippen LogP contribution is -2.42. The van der Waals surface area contributed by atoms with Gasteiger partial charge in [-0.2, -0.15) is 5.26 Å². The third-order valence-electron chi connectivity index (χ3n) is 2.69. The highest BCUT2D eigenvalue weighted by atomic mass is 19.1. The number of nitrogens with one attached hydrogen (secondary N) is 2. The number of piperazine rings is 1. The maximum Gasteiger partial charge on any atom is 0.144 e. The first-order valence-corrected chi connectivity index (χ1v) is 5.09. The second-order valence-electron chi connectivity index (χ2n) is 3.68. The third kappa shape index (κ3) is 1.85. The molecular formula is C11H12FN3O. The Labute approximate surface area is 92.7 Å². The van der Waals surface area contributed by atoms with E-state index in [4.69, 9.17) is 5.26 Å². The van der Waals surface area contributed by atoms with Crippen LogP contribution in [0.15, 0.2) is 12.1 Å². The minimum absolute atomic E-state index is 0.0820. The van der Waals surface area contributed by atoms with E-state index in [1.54, 1.807) is 6.07 Å². The first-order valence-electron chi connectivity index (χ1n) is 5.09. The van der Waals surface area contributed by atoms with E-state index in [2.05, 4.69) is 10.6 Å². The normalized spacial score (nSPS) is 20.4. The predicted octanol–water partition coefficient (Wildman–Crippen LogP) is 0.637. The summed E-state index contributed by atoms with van der Waals surface area (Å²) < 4.78 is 13.2. The van der Waals surface area contributed by atoms with Gasteiger partial charge in [0.05, 0.1) is 0 Å². The summed E-state index contributed by atoms with van der Waals surface area (Å²) in [5.41, 5.74) is 0.273. The van der Waals surface area contributed by atoms with E-state index < -0.39 is 5.82 Å². The Balaban J connectivity index is 2.38. The fraction of sp³-hybridized carbons (Fsp3) is 0.364. The molecule has 3 N–H and O–H groups in total. The zero-order chi connectivity index (χ0) is 11.5. The molecule has 0 bridgehead atoms. The van der Waals surface area contributed by atoms with Crippen molar-refractivity contribution >= 4 is 0 Å². The highest BCUT2D eigenvalue weighted by Gasteiger charge is 2.21. The number of rotatable bonds is 1. The van der Waals surface area contributed by atoms with Gasteiger partial charge < -0.3 is 15.7 Å². The van der Waals surface area contributed by atoms with Gasteiger partial charge in [0.25, 0.3) is 0 Å². The maximum absolute atomic E-state index is 13.2. The molecule has 0 radical (unpaired) electrons. The summed E-state index contributed by atoms with van der Waals surface area (Å²) in [4.78, 5) is 0. The number of nitriles is 1.